The van der Waals surface area contributed by atoms with Crippen molar-refractivity contribution in [1.82, 2.24) is 0 Å². The van der Waals surface area contributed by atoms with Crippen molar-refractivity contribution in [3.05, 3.63) is 58.6 Å². The fourth-order valence-corrected chi connectivity index (χ4v) is 2.09. The number of rotatable bonds is 3. The number of carbonyl (C=O) groups is 2. The van der Waals surface area contributed by atoms with Gasteiger partial charge in [-0.2, -0.15) is 13.2 Å². The molecule has 0 unspecified atom stereocenters. The lowest BCUT2D eigenvalue weighted by Gasteiger charge is -2.12. The van der Waals surface area contributed by atoms with Crippen molar-refractivity contribution < 1.29 is 27.5 Å². The van der Waals surface area contributed by atoms with Crippen LogP contribution in [0, 0.1) is 0 Å². The summed E-state index contributed by atoms with van der Waals surface area (Å²) in [6.45, 7) is 1.24. The monoisotopic (exact) mass is 357 g/mol. The highest BCUT2D eigenvalue weighted by Gasteiger charge is 2.33. The van der Waals surface area contributed by atoms with E-state index in [0.29, 0.717) is 0 Å². The number of hydrogen-bond acceptors (Lipinski definition) is 3. The lowest BCUT2D eigenvalue weighted by Crippen LogP contribution is -2.13. The first-order valence-electron chi connectivity index (χ1n) is 6.63. The van der Waals surface area contributed by atoms with Gasteiger partial charge in [0, 0.05) is 18.2 Å². The summed E-state index contributed by atoms with van der Waals surface area (Å²) >= 11 is 5.52. The lowest BCUT2D eigenvalue weighted by molar-refractivity contribution is -0.137. The molecule has 0 atom stereocenters. The fourth-order valence-electron chi connectivity index (χ4n) is 1.86. The summed E-state index contributed by atoms with van der Waals surface area (Å²) in [5, 5.41) is 1.90. The topological polar surface area (TPSA) is 55.4 Å². The Labute approximate surface area is 140 Å². The Bertz CT molecular complexity index is 773. The first-order valence-corrected chi connectivity index (χ1v) is 7.01. The standard InChI is InChI=1S/C16H11ClF3NO3/c1-9(22)24-12-5-2-10(3-6-12)15(23)21-11-4-7-14(17)13(8-11)16(18,19)20/h2-8H,1H3,(H,21,23). The average Bonchev–Trinajstić information content (AvgIpc) is 2.48. The van der Waals surface area contributed by atoms with E-state index in [9.17, 15) is 22.8 Å². The van der Waals surface area contributed by atoms with Crippen molar-refractivity contribution in [2.45, 2.75) is 13.1 Å². The van der Waals surface area contributed by atoms with E-state index in [0.717, 1.165) is 12.1 Å². The van der Waals surface area contributed by atoms with Crippen LogP contribution in [0.15, 0.2) is 42.5 Å². The summed E-state index contributed by atoms with van der Waals surface area (Å²) < 4.78 is 43.2. The normalized spacial score (nSPS) is 11.0. The first-order chi connectivity index (χ1) is 11.2. The number of benzene rings is 2. The Kier molecular flexibility index (Phi) is 5.14. The second-order valence-electron chi connectivity index (χ2n) is 4.76. The minimum Gasteiger partial charge on any atom is -0.427 e. The minimum absolute atomic E-state index is 0.0409. The zero-order valence-corrected chi connectivity index (χ0v) is 13.0. The van der Waals surface area contributed by atoms with Gasteiger partial charge in [-0.3, -0.25) is 9.59 Å². The van der Waals surface area contributed by atoms with Crippen LogP contribution in [-0.2, 0) is 11.0 Å². The summed E-state index contributed by atoms with van der Waals surface area (Å²) in [5.74, 6) is -0.863. The molecule has 4 nitrogen and oxygen atoms in total. The molecular formula is C16H11ClF3NO3. The summed E-state index contributed by atoms with van der Waals surface area (Å²) in [7, 11) is 0. The van der Waals surface area contributed by atoms with Gasteiger partial charge in [0.15, 0.2) is 0 Å². The van der Waals surface area contributed by atoms with Crippen LogP contribution in [0.25, 0.3) is 0 Å². The maximum atomic E-state index is 12.8. The van der Waals surface area contributed by atoms with Gasteiger partial charge in [0.25, 0.3) is 5.91 Å². The SMILES string of the molecule is CC(=O)Oc1ccc(C(=O)Nc2ccc(Cl)c(C(F)(F)F)c2)cc1. The van der Waals surface area contributed by atoms with Crippen molar-refractivity contribution in [2.75, 3.05) is 5.32 Å². The van der Waals surface area contributed by atoms with E-state index in [1.807, 2.05) is 0 Å². The van der Waals surface area contributed by atoms with Gasteiger partial charge < -0.3 is 10.1 Å². The Morgan fingerprint density at radius 2 is 1.71 bits per heavy atom. The molecule has 1 amide bonds. The van der Waals surface area contributed by atoms with Gasteiger partial charge >= 0.3 is 12.1 Å². The average molecular weight is 358 g/mol. The van der Waals surface area contributed by atoms with Crippen LogP contribution in [0.4, 0.5) is 18.9 Å². The smallest absolute Gasteiger partial charge is 0.417 e. The van der Waals surface area contributed by atoms with Crippen LogP contribution >= 0.6 is 11.6 Å². The summed E-state index contributed by atoms with van der Waals surface area (Å²) in [5.41, 5.74) is -0.887. The third kappa shape index (κ3) is 4.48. The van der Waals surface area contributed by atoms with E-state index in [2.05, 4.69) is 5.32 Å². The fraction of sp³-hybridized carbons (Fsp3) is 0.125. The molecule has 24 heavy (non-hydrogen) atoms. The molecule has 0 fully saturated rings. The van der Waals surface area contributed by atoms with Crippen LogP contribution in [0.1, 0.15) is 22.8 Å². The number of alkyl halides is 3. The molecule has 0 aliphatic carbocycles. The van der Waals surface area contributed by atoms with Crippen molar-refractivity contribution >= 4 is 29.2 Å². The molecule has 0 saturated carbocycles. The van der Waals surface area contributed by atoms with Gasteiger partial charge in [0.1, 0.15) is 5.75 Å². The molecule has 0 radical (unpaired) electrons. The molecule has 2 rings (SSSR count). The summed E-state index contributed by atoms with van der Waals surface area (Å²) in [6, 6.07) is 8.65. The van der Waals surface area contributed by atoms with Gasteiger partial charge in [-0.05, 0) is 42.5 Å². The highest BCUT2D eigenvalue weighted by Crippen LogP contribution is 2.36. The first kappa shape index (κ1) is 17.8. The predicted molar refractivity (Wildman–Crippen MR) is 82.2 cm³/mol. The van der Waals surface area contributed by atoms with Gasteiger partial charge in [-0.15, -0.1) is 0 Å². The number of nitrogens with one attached hydrogen (secondary N) is 1. The highest BCUT2D eigenvalue weighted by molar-refractivity contribution is 6.31. The third-order valence-corrected chi connectivity index (χ3v) is 3.24. The number of amides is 1. The van der Waals surface area contributed by atoms with Crippen molar-refractivity contribution in [3.63, 3.8) is 0 Å². The molecule has 0 bridgehead atoms. The van der Waals surface area contributed by atoms with Gasteiger partial charge in [-0.1, -0.05) is 11.6 Å². The van der Waals surface area contributed by atoms with Crippen LogP contribution in [0.5, 0.6) is 5.75 Å². The Morgan fingerprint density at radius 1 is 1.08 bits per heavy atom. The van der Waals surface area contributed by atoms with Gasteiger partial charge in [0.2, 0.25) is 0 Å². The second-order valence-corrected chi connectivity index (χ2v) is 5.17. The molecule has 0 aliphatic rings. The Morgan fingerprint density at radius 3 is 2.25 bits per heavy atom. The molecule has 0 aromatic heterocycles. The molecule has 0 saturated heterocycles. The van der Waals surface area contributed by atoms with Crippen molar-refractivity contribution in [3.8, 4) is 5.75 Å². The molecular weight excluding hydrogens is 347 g/mol. The number of carbonyl (C=O) groups excluding carboxylic acids is 2. The number of esters is 1. The van der Waals surface area contributed by atoms with E-state index in [1.54, 1.807) is 0 Å². The molecule has 0 aliphatic heterocycles. The summed E-state index contributed by atoms with van der Waals surface area (Å²) in [4.78, 5) is 22.9. The molecule has 8 heteroatoms. The van der Waals surface area contributed by atoms with Crippen molar-refractivity contribution in [2.24, 2.45) is 0 Å². The van der Waals surface area contributed by atoms with Crippen LogP contribution in [0.2, 0.25) is 5.02 Å². The minimum atomic E-state index is -4.62. The zero-order chi connectivity index (χ0) is 17.9. The van der Waals surface area contributed by atoms with E-state index in [4.69, 9.17) is 16.3 Å². The van der Waals surface area contributed by atoms with Crippen LogP contribution in [-0.4, -0.2) is 11.9 Å². The zero-order valence-electron chi connectivity index (χ0n) is 12.3. The molecule has 2 aromatic carbocycles. The third-order valence-electron chi connectivity index (χ3n) is 2.91. The number of hydrogen-bond donors (Lipinski definition) is 1. The van der Waals surface area contributed by atoms with Crippen molar-refractivity contribution in [1.29, 1.82) is 0 Å². The van der Waals surface area contributed by atoms with E-state index < -0.39 is 28.6 Å². The molecule has 0 spiro atoms. The van der Waals surface area contributed by atoms with Crippen LogP contribution in [0.3, 0.4) is 0 Å². The Balaban J connectivity index is 2.16. The lowest BCUT2D eigenvalue weighted by atomic mass is 10.1. The van der Waals surface area contributed by atoms with Gasteiger partial charge in [0.05, 0.1) is 10.6 Å². The largest absolute Gasteiger partial charge is 0.427 e. The molecule has 1 N–H and O–H groups in total. The van der Waals surface area contributed by atoms with Gasteiger partial charge in [-0.25, -0.2) is 0 Å². The molecule has 2 aromatic rings. The highest BCUT2D eigenvalue weighted by atomic mass is 35.5. The summed E-state index contributed by atoms with van der Waals surface area (Å²) in [6.07, 6.45) is -4.62. The maximum absolute atomic E-state index is 12.8. The molecule has 0 heterocycles. The van der Waals surface area contributed by atoms with E-state index in [1.165, 1.54) is 37.3 Å². The number of ether oxygens (including phenoxy) is 1. The molecule has 126 valence electrons. The number of halogens is 4. The number of anilines is 1. The maximum Gasteiger partial charge on any atom is 0.417 e. The predicted octanol–water partition coefficient (Wildman–Crippen LogP) is 4.54. The van der Waals surface area contributed by atoms with E-state index >= 15 is 0 Å². The quantitative estimate of drug-likeness (QED) is 0.648. The van der Waals surface area contributed by atoms with E-state index in [-0.39, 0.29) is 17.0 Å². The van der Waals surface area contributed by atoms with Crippen LogP contribution < -0.4 is 10.1 Å². The second kappa shape index (κ2) is 6.92. The Hall–Kier alpha value is -2.54.